The van der Waals surface area contributed by atoms with Crippen molar-refractivity contribution in [2.45, 2.75) is 24.9 Å². The Morgan fingerprint density at radius 1 is 1.56 bits per heavy atom. The lowest BCUT2D eigenvalue weighted by atomic mass is 10.2. The summed E-state index contributed by atoms with van der Waals surface area (Å²) in [5.74, 6) is 0.574. The van der Waals surface area contributed by atoms with Gasteiger partial charge in [0.05, 0.1) is 6.04 Å². The van der Waals surface area contributed by atoms with E-state index in [-0.39, 0.29) is 11.9 Å². The summed E-state index contributed by atoms with van der Waals surface area (Å²) in [5.41, 5.74) is 5.08. The lowest BCUT2D eigenvalue weighted by molar-refractivity contribution is -0.119. The molecule has 0 spiro atoms. The topological polar surface area (TPSA) is 55.1 Å². The molecule has 0 aromatic carbocycles. The molecule has 3 heteroatoms. The fourth-order valence-corrected chi connectivity index (χ4v) is 1.54. The van der Waals surface area contributed by atoms with Gasteiger partial charge < -0.3 is 11.1 Å². The molecular formula is C6H10N2O. The van der Waals surface area contributed by atoms with Gasteiger partial charge in [0, 0.05) is 6.04 Å². The van der Waals surface area contributed by atoms with Crippen molar-refractivity contribution in [1.29, 1.82) is 0 Å². The third-order valence-corrected chi connectivity index (χ3v) is 2.22. The largest absolute Gasteiger partial charge is 0.368 e. The van der Waals surface area contributed by atoms with E-state index in [2.05, 4.69) is 5.32 Å². The number of rotatable bonds is 1. The van der Waals surface area contributed by atoms with Crippen LogP contribution in [0.1, 0.15) is 12.8 Å². The first-order valence-electron chi connectivity index (χ1n) is 3.33. The highest BCUT2D eigenvalue weighted by molar-refractivity contribution is 5.80. The minimum absolute atomic E-state index is 0.0197. The van der Waals surface area contributed by atoms with Crippen LogP contribution in [-0.2, 0) is 4.79 Å². The van der Waals surface area contributed by atoms with E-state index in [1.54, 1.807) is 0 Å². The Labute approximate surface area is 53.6 Å². The molecule has 1 amide bonds. The molecule has 2 rings (SSSR count). The third kappa shape index (κ3) is 0.721. The summed E-state index contributed by atoms with van der Waals surface area (Å²) in [5, 5.41) is 3.15. The van der Waals surface area contributed by atoms with Crippen molar-refractivity contribution in [3.8, 4) is 0 Å². The number of piperidine rings is 1. The minimum atomic E-state index is -0.192. The Morgan fingerprint density at radius 3 is 2.67 bits per heavy atom. The quantitative estimate of drug-likeness (QED) is 0.484. The number of nitrogens with two attached hydrogens (primary N) is 1. The van der Waals surface area contributed by atoms with Crippen molar-refractivity contribution in [3.63, 3.8) is 0 Å². The van der Waals surface area contributed by atoms with Gasteiger partial charge in [-0.2, -0.15) is 0 Å². The molecule has 3 nitrogen and oxygen atoms in total. The smallest absolute Gasteiger partial charge is 0.234 e. The lowest BCUT2D eigenvalue weighted by Crippen LogP contribution is -2.38. The van der Waals surface area contributed by atoms with Crippen molar-refractivity contribution in [2.24, 2.45) is 11.7 Å². The molecule has 0 unspecified atom stereocenters. The van der Waals surface area contributed by atoms with Gasteiger partial charge in [0.1, 0.15) is 0 Å². The van der Waals surface area contributed by atoms with Crippen LogP contribution >= 0.6 is 0 Å². The molecule has 0 aromatic heterocycles. The predicted molar refractivity (Wildman–Crippen MR) is 32.6 cm³/mol. The van der Waals surface area contributed by atoms with Crippen molar-refractivity contribution >= 4 is 5.91 Å². The molecule has 9 heavy (non-hydrogen) atoms. The first-order valence-corrected chi connectivity index (χ1v) is 3.33. The van der Waals surface area contributed by atoms with Gasteiger partial charge in [0.2, 0.25) is 5.91 Å². The Hall–Kier alpha value is -0.570. The van der Waals surface area contributed by atoms with E-state index in [0.717, 1.165) is 12.3 Å². The number of carbonyl (C=O) groups is 1. The molecule has 3 N–H and O–H groups in total. The molecule has 0 aromatic rings. The second kappa shape index (κ2) is 1.48. The highest BCUT2D eigenvalue weighted by Crippen LogP contribution is 2.40. The standard InChI is InChI=1S/C6H10N2O/c7-6(9)5-2-3-1-4(3)8-5/h3-5,8H,1-2H2,(H2,7,9)/t3-,4-,5-/m1/s1. The van der Waals surface area contributed by atoms with Crippen LogP contribution in [0.4, 0.5) is 0 Å². The van der Waals surface area contributed by atoms with Gasteiger partial charge >= 0.3 is 0 Å². The average Bonchev–Trinajstić information content (AvgIpc) is 2.40. The minimum Gasteiger partial charge on any atom is -0.368 e. The Morgan fingerprint density at radius 2 is 2.33 bits per heavy atom. The molecule has 1 aliphatic heterocycles. The zero-order valence-corrected chi connectivity index (χ0v) is 5.13. The van der Waals surface area contributed by atoms with E-state index in [0.29, 0.717) is 6.04 Å². The number of fused-ring (bicyclic) bond motifs is 1. The molecule has 1 saturated carbocycles. The second-order valence-corrected chi connectivity index (χ2v) is 2.96. The van der Waals surface area contributed by atoms with Crippen LogP contribution in [0.2, 0.25) is 0 Å². The van der Waals surface area contributed by atoms with E-state index < -0.39 is 0 Å². The van der Waals surface area contributed by atoms with Gasteiger partial charge in [-0.15, -0.1) is 0 Å². The van der Waals surface area contributed by atoms with Crippen LogP contribution in [0.3, 0.4) is 0 Å². The normalized spacial score (nSPS) is 46.4. The van der Waals surface area contributed by atoms with Crippen LogP contribution < -0.4 is 11.1 Å². The number of amides is 1. The van der Waals surface area contributed by atoms with Crippen molar-refractivity contribution in [1.82, 2.24) is 5.32 Å². The highest BCUT2D eigenvalue weighted by Gasteiger charge is 2.47. The monoisotopic (exact) mass is 126 g/mol. The zero-order valence-electron chi connectivity index (χ0n) is 5.13. The summed E-state index contributed by atoms with van der Waals surface area (Å²) < 4.78 is 0. The van der Waals surface area contributed by atoms with Crippen LogP contribution in [0, 0.1) is 5.92 Å². The fourth-order valence-electron chi connectivity index (χ4n) is 1.54. The van der Waals surface area contributed by atoms with E-state index in [1.807, 2.05) is 0 Å². The van der Waals surface area contributed by atoms with Gasteiger partial charge in [-0.05, 0) is 18.8 Å². The Kier molecular flexibility index (Phi) is 0.858. The summed E-state index contributed by atoms with van der Waals surface area (Å²) in [6.07, 6.45) is 2.23. The number of nitrogens with one attached hydrogen (secondary N) is 1. The predicted octanol–water partition coefficient (Wildman–Crippen LogP) is -0.778. The van der Waals surface area contributed by atoms with Gasteiger partial charge in [-0.25, -0.2) is 0 Å². The van der Waals surface area contributed by atoms with Gasteiger partial charge in [0.25, 0.3) is 0 Å². The molecule has 50 valence electrons. The third-order valence-electron chi connectivity index (χ3n) is 2.22. The Bertz CT molecular complexity index is 147. The molecule has 2 aliphatic rings. The highest BCUT2D eigenvalue weighted by atomic mass is 16.1. The van der Waals surface area contributed by atoms with E-state index >= 15 is 0 Å². The van der Waals surface area contributed by atoms with Crippen molar-refractivity contribution in [2.75, 3.05) is 0 Å². The van der Waals surface area contributed by atoms with Crippen molar-refractivity contribution < 1.29 is 4.79 Å². The second-order valence-electron chi connectivity index (χ2n) is 2.96. The fraction of sp³-hybridized carbons (Fsp3) is 0.833. The van der Waals surface area contributed by atoms with E-state index in [9.17, 15) is 4.79 Å². The van der Waals surface area contributed by atoms with Gasteiger partial charge in [-0.1, -0.05) is 0 Å². The molecular weight excluding hydrogens is 116 g/mol. The van der Waals surface area contributed by atoms with E-state index in [1.165, 1.54) is 6.42 Å². The maximum absolute atomic E-state index is 10.5. The summed E-state index contributed by atoms with van der Waals surface area (Å²) >= 11 is 0. The number of hydrogen-bond acceptors (Lipinski definition) is 2. The van der Waals surface area contributed by atoms with Crippen LogP contribution in [0.5, 0.6) is 0 Å². The van der Waals surface area contributed by atoms with Crippen LogP contribution in [-0.4, -0.2) is 18.0 Å². The summed E-state index contributed by atoms with van der Waals surface area (Å²) in [4.78, 5) is 10.5. The van der Waals surface area contributed by atoms with Crippen LogP contribution in [0.15, 0.2) is 0 Å². The maximum Gasteiger partial charge on any atom is 0.234 e. The molecule has 0 radical (unpaired) electrons. The number of hydrogen-bond donors (Lipinski definition) is 2. The van der Waals surface area contributed by atoms with Crippen LogP contribution in [0.25, 0.3) is 0 Å². The number of primary amides is 1. The van der Waals surface area contributed by atoms with Gasteiger partial charge in [0.15, 0.2) is 0 Å². The SMILES string of the molecule is NC(=O)[C@H]1C[C@H]2C[C@H]2N1. The summed E-state index contributed by atoms with van der Waals surface area (Å²) in [6, 6.07) is 0.608. The maximum atomic E-state index is 10.5. The zero-order chi connectivity index (χ0) is 6.43. The molecule has 1 aliphatic carbocycles. The summed E-state index contributed by atoms with van der Waals surface area (Å²) in [6.45, 7) is 0. The van der Waals surface area contributed by atoms with Gasteiger partial charge in [-0.3, -0.25) is 4.79 Å². The molecule has 2 fully saturated rings. The molecule has 0 bridgehead atoms. The molecule has 3 atom stereocenters. The van der Waals surface area contributed by atoms with E-state index in [4.69, 9.17) is 5.73 Å². The molecule has 1 heterocycles. The lowest BCUT2D eigenvalue weighted by Gasteiger charge is -2.06. The summed E-state index contributed by atoms with van der Waals surface area (Å²) in [7, 11) is 0. The number of carbonyl (C=O) groups excluding carboxylic acids is 1. The molecule has 1 saturated heterocycles. The first-order chi connectivity index (χ1) is 4.27. The first kappa shape index (κ1) is 5.23. The van der Waals surface area contributed by atoms with Crippen molar-refractivity contribution in [3.05, 3.63) is 0 Å². The Balaban J connectivity index is 1.97. The average molecular weight is 126 g/mol.